The van der Waals surface area contributed by atoms with Crippen molar-refractivity contribution in [2.75, 3.05) is 11.9 Å². The third-order valence-electron chi connectivity index (χ3n) is 2.43. The van der Waals surface area contributed by atoms with E-state index in [1.807, 2.05) is 31.2 Å². The molecule has 92 valence electrons. The number of nitriles is 1. The number of ether oxygens (including phenoxy) is 1. The van der Waals surface area contributed by atoms with Crippen molar-refractivity contribution < 1.29 is 9.15 Å². The molecule has 2 aromatic rings. The molecule has 1 unspecified atom stereocenters. The summed E-state index contributed by atoms with van der Waals surface area (Å²) in [6.45, 7) is 2.58. The minimum absolute atomic E-state index is 0.488. The summed E-state index contributed by atoms with van der Waals surface area (Å²) in [5.41, 5.74) is 0.849. The first-order valence-corrected chi connectivity index (χ1v) is 5.76. The van der Waals surface area contributed by atoms with Crippen molar-refractivity contribution in [3.05, 3.63) is 48.4 Å². The van der Waals surface area contributed by atoms with Crippen molar-refractivity contribution in [2.45, 2.75) is 13.0 Å². The second-order valence-electron chi connectivity index (χ2n) is 3.68. The Morgan fingerprint density at radius 2 is 2.11 bits per heavy atom. The number of hydrogen-bond donors (Lipinski definition) is 1. The highest BCUT2D eigenvalue weighted by Gasteiger charge is 2.12. The van der Waals surface area contributed by atoms with E-state index in [2.05, 4.69) is 11.4 Å². The number of nitrogens with one attached hydrogen (secondary N) is 1. The van der Waals surface area contributed by atoms with Crippen molar-refractivity contribution in [1.29, 1.82) is 5.26 Å². The van der Waals surface area contributed by atoms with Gasteiger partial charge in [-0.25, -0.2) is 0 Å². The Labute approximate surface area is 106 Å². The number of furan rings is 1. The summed E-state index contributed by atoms with van der Waals surface area (Å²) in [6.07, 6.45) is 1.56. The third kappa shape index (κ3) is 2.83. The van der Waals surface area contributed by atoms with Crippen LogP contribution >= 0.6 is 0 Å². The van der Waals surface area contributed by atoms with Crippen LogP contribution in [0.3, 0.4) is 0 Å². The molecule has 1 atom stereocenters. The molecule has 0 saturated carbocycles. The lowest BCUT2D eigenvalue weighted by molar-refractivity contribution is 0.340. The summed E-state index contributed by atoms with van der Waals surface area (Å²) in [7, 11) is 0. The Morgan fingerprint density at radius 3 is 2.67 bits per heavy atom. The predicted molar refractivity (Wildman–Crippen MR) is 68.3 cm³/mol. The predicted octanol–water partition coefficient (Wildman–Crippen LogP) is 3.36. The maximum atomic E-state index is 9.10. The number of nitrogens with zero attached hydrogens (tertiary/aromatic N) is 1. The van der Waals surface area contributed by atoms with Crippen LogP contribution in [0.2, 0.25) is 0 Å². The van der Waals surface area contributed by atoms with Gasteiger partial charge >= 0.3 is 0 Å². The second-order valence-corrected chi connectivity index (χ2v) is 3.68. The molecule has 0 aliphatic heterocycles. The van der Waals surface area contributed by atoms with Gasteiger partial charge < -0.3 is 14.5 Å². The van der Waals surface area contributed by atoms with Crippen molar-refractivity contribution in [3.63, 3.8) is 0 Å². The van der Waals surface area contributed by atoms with Crippen LogP contribution in [0.15, 0.2) is 47.1 Å². The minimum Gasteiger partial charge on any atom is -0.494 e. The average Bonchev–Trinajstić information content (AvgIpc) is 2.92. The zero-order valence-electron chi connectivity index (χ0n) is 10.1. The number of hydrogen-bond acceptors (Lipinski definition) is 4. The Bertz CT molecular complexity index is 512. The molecule has 4 heteroatoms. The van der Waals surface area contributed by atoms with E-state index >= 15 is 0 Å². The van der Waals surface area contributed by atoms with E-state index in [9.17, 15) is 0 Å². The summed E-state index contributed by atoms with van der Waals surface area (Å²) in [5, 5.41) is 12.2. The fourth-order valence-corrected chi connectivity index (χ4v) is 1.60. The summed E-state index contributed by atoms with van der Waals surface area (Å²) >= 11 is 0. The maximum Gasteiger partial charge on any atom is 0.173 e. The van der Waals surface area contributed by atoms with Crippen LogP contribution in [0.1, 0.15) is 18.7 Å². The zero-order valence-corrected chi connectivity index (χ0v) is 10.1. The van der Waals surface area contributed by atoms with E-state index < -0.39 is 6.04 Å². The van der Waals surface area contributed by atoms with Gasteiger partial charge in [0.05, 0.1) is 18.9 Å². The fraction of sp³-hybridized carbons (Fsp3) is 0.214. The lowest BCUT2D eigenvalue weighted by Crippen LogP contribution is -2.07. The van der Waals surface area contributed by atoms with Crippen molar-refractivity contribution in [3.8, 4) is 11.8 Å². The summed E-state index contributed by atoms with van der Waals surface area (Å²) in [4.78, 5) is 0. The molecular weight excluding hydrogens is 228 g/mol. The lowest BCUT2D eigenvalue weighted by atomic mass is 10.2. The van der Waals surface area contributed by atoms with Gasteiger partial charge in [0.2, 0.25) is 0 Å². The SMILES string of the molecule is CCOc1ccc(NC(C#N)c2ccco2)cc1. The van der Waals surface area contributed by atoms with E-state index in [-0.39, 0.29) is 0 Å². The molecule has 0 fully saturated rings. The molecule has 0 amide bonds. The summed E-state index contributed by atoms with van der Waals surface area (Å²) < 4.78 is 10.6. The lowest BCUT2D eigenvalue weighted by Gasteiger charge is -2.11. The monoisotopic (exact) mass is 242 g/mol. The van der Waals surface area contributed by atoms with Crippen LogP contribution in [0, 0.1) is 11.3 Å². The topological polar surface area (TPSA) is 58.2 Å². The average molecular weight is 242 g/mol. The largest absolute Gasteiger partial charge is 0.494 e. The van der Waals surface area contributed by atoms with E-state index in [0.29, 0.717) is 12.4 Å². The van der Waals surface area contributed by atoms with Crippen LogP contribution in [-0.2, 0) is 0 Å². The molecule has 18 heavy (non-hydrogen) atoms. The van der Waals surface area contributed by atoms with E-state index in [4.69, 9.17) is 14.4 Å². The fourth-order valence-electron chi connectivity index (χ4n) is 1.60. The van der Waals surface area contributed by atoms with Gasteiger partial charge in [-0.1, -0.05) is 0 Å². The van der Waals surface area contributed by atoms with Gasteiger partial charge in [-0.3, -0.25) is 0 Å². The molecule has 0 aliphatic carbocycles. The standard InChI is InChI=1S/C14H14N2O2/c1-2-17-12-7-5-11(6-8-12)16-13(10-15)14-4-3-9-18-14/h3-9,13,16H,2H2,1H3. The molecule has 0 radical (unpaired) electrons. The van der Waals surface area contributed by atoms with Crippen LogP contribution < -0.4 is 10.1 Å². The maximum absolute atomic E-state index is 9.10. The first-order valence-electron chi connectivity index (χ1n) is 5.76. The third-order valence-corrected chi connectivity index (χ3v) is 2.43. The van der Waals surface area contributed by atoms with Crippen molar-refractivity contribution in [2.24, 2.45) is 0 Å². The van der Waals surface area contributed by atoms with Crippen molar-refractivity contribution >= 4 is 5.69 Å². The second kappa shape index (κ2) is 5.78. The summed E-state index contributed by atoms with van der Waals surface area (Å²) in [6, 6.07) is 12.7. The Morgan fingerprint density at radius 1 is 1.33 bits per heavy atom. The zero-order chi connectivity index (χ0) is 12.8. The van der Waals surface area contributed by atoms with Crippen LogP contribution in [-0.4, -0.2) is 6.61 Å². The normalized spacial score (nSPS) is 11.6. The van der Waals surface area contributed by atoms with Gasteiger partial charge in [0, 0.05) is 5.69 Å². The number of anilines is 1. The Hall–Kier alpha value is -2.41. The molecule has 1 N–H and O–H groups in total. The summed E-state index contributed by atoms with van der Waals surface area (Å²) in [5.74, 6) is 1.42. The highest BCUT2D eigenvalue weighted by Crippen LogP contribution is 2.21. The molecule has 2 rings (SSSR count). The molecule has 4 nitrogen and oxygen atoms in total. The van der Waals surface area contributed by atoms with Gasteiger partial charge in [0.15, 0.2) is 6.04 Å². The quantitative estimate of drug-likeness (QED) is 0.873. The van der Waals surface area contributed by atoms with Gasteiger partial charge in [-0.05, 0) is 43.3 Å². The van der Waals surface area contributed by atoms with Gasteiger partial charge in [-0.2, -0.15) is 5.26 Å². The van der Waals surface area contributed by atoms with E-state index in [1.54, 1.807) is 18.4 Å². The molecule has 0 aliphatic rings. The Balaban J connectivity index is 2.06. The van der Waals surface area contributed by atoms with E-state index in [0.717, 1.165) is 11.4 Å². The molecule has 0 spiro atoms. The highest BCUT2D eigenvalue weighted by molar-refractivity contribution is 5.48. The molecule has 1 aromatic heterocycles. The first-order chi connectivity index (χ1) is 8.83. The van der Waals surface area contributed by atoms with Crippen LogP contribution in [0.25, 0.3) is 0 Å². The molecule has 1 heterocycles. The van der Waals surface area contributed by atoms with Gasteiger partial charge in [0.25, 0.3) is 0 Å². The van der Waals surface area contributed by atoms with Crippen LogP contribution in [0.5, 0.6) is 5.75 Å². The van der Waals surface area contributed by atoms with Crippen LogP contribution in [0.4, 0.5) is 5.69 Å². The molecule has 0 saturated heterocycles. The number of benzene rings is 1. The smallest absolute Gasteiger partial charge is 0.173 e. The minimum atomic E-state index is -0.488. The molecular formula is C14H14N2O2. The Kier molecular flexibility index (Phi) is 3.87. The van der Waals surface area contributed by atoms with Gasteiger partial charge in [-0.15, -0.1) is 0 Å². The first kappa shape index (κ1) is 12.1. The molecule has 1 aromatic carbocycles. The van der Waals surface area contributed by atoms with E-state index in [1.165, 1.54) is 0 Å². The highest BCUT2D eigenvalue weighted by atomic mass is 16.5. The van der Waals surface area contributed by atoms with Crippen molar-refractivity contribution in [1.82, 2.24) is 0 Å². The number of rotatable bonds is 5. The molecule has 0 bridgehead atoms. The van der Waals surface area contributed by atoms with Gasteiger partial charge in [0.1, 0.15) is 11.5 Å².